The molecule has 3 aromatic rings. The smallest absolute Gasteiger partial charge is 0.274 e. The average molecular weight is 344 g/mol. The fraction of sp³-hybridized carbons (Fsp3) is 0. The van der Waals surface area contributed by atoms with E-state index in [0.717, 1.165) is 12.1 Å². The zero-order valence-corrected chi connectivity index (χ0v) is 12.6. The van der Waals surface area contributed by atoms with Crippen molar-refractivity contribution in [2.45, 2.75) is 0 Å². The van der Waals surface area contributed by atoms with Gasteiger partial charge in [0.05, 0.1) is 5.69 Å². The highest BCUT2D eigenvalue weighted by Gasteiger charge is 2.14. The van der Waals surface area contributed by atoms with Crippen molar-refractivity contribution >= 4 is 23.2 Å². The zero-order chi connectivity index (χ0) is 17.8. The van der Waals surface area contributed by atoms with E-state index >= 15 is 0 Å². The average Bonchev–Trinajstić information content (AvgIpc) is 2.60. The van der Waals surface area contributed by atoms with Crippen molar-refractivity contribution in [1.29, 1.82) is 0 Å². The summed E-state index contributed by atoms with van der Waals surface area (Å²) in [6, 6.07) is 10.3. The predicted octanol–water partition coefficient (Wildman–Crippen LogP) is 3.89. The fourth-order valence-electron chi connectivity index (χ4n) is 2.02. The van der Waals surface area contributed by atoms with E-state index in [0.29, 0.717) is 0 Å². The maximum atomic E-state index is 13.6. The van der Waals surface area contributed by atoms with Crippen LogP contribution in [0.5, 0.6) is 0 Å². The van der Waals surface area contributed by atoms with Crippen LogP contribution in [0, 0.1) is 17.5 Å². The molecule has 0 aliphatic rings. The number of carbonyl (C=O) groups excluding carboxylic acids is 1. The van der Waals surface area contributed by atoms with E-state index in [1.165, 1.54) is 36.5 Å². The molecule has 2 aromatic carbocycles. The van der Waals surface area contributed by atoms with Crippen LogP contribution in [-0.4, -0.2) is 15.9 Å². The summed E-state index contributed by atoms with van der Waals surface area (Å²) < 4.78 is 40.9. The Labute approximate surface area is 140 Å². The van der Waals surface area contributed by atoms with Crippen molar-refractivity contribution in [2.75, 3.05) is 10.6 Å². The molecule has 0 aliphatic heterocycles. The number of nitrogens with zero attached hydrogens (tertiary/aromatic N) is 2. The first-order chi connectivity index (χ1) is 12.0. The highest BCUT2D eigenvalue weighted by Crippen LogP contribution is 2.21. The fourth-order valence-corrected chi connectivity index (χ4v) is 2.02. The lowest BCUT2D eigenvalue weighted by Gasteiger charge is -2.09. The van der Waals surface area contributed by atoms with Crippen molar-refractivity contribution in [2.24, 2.45) is 0 Å². The predicted molar refractivity (Wildman–Crippen MR) is 86.0 cm³/mol. The van der Waals surface area contributed by atoms with Gasteiger partial charge in [0.25, 0.3) is 5.91 Å². The van der Waals surface area contributed by atoms with E-state index in [-0.39, 0.29) is 17.3 Å². The molecule has 0 fully saturated rings. The van der Waals surface area contributed by atoms with Crippen molar-refractivity contribution in [3.63, 3.8) is 0 Å². The summed E-state index contributed by atoms with van der Waals surface area (Å²) in [7, 11) is 0. The number of carbonyl (C=O) groups is 1. The molecule has 25 heavy (non-hydrogen) atoms. The lowest BCUT2D eigenvalue weighted by Crippen LogP contribution is -2.15. The van der Waals surface area contributed by atoms with Gasteiger partial charge in [-0.1, -0.05) is 18.2 Å². The van der Waals surface area contributed by atoms with E-state index in [1.54, 1.807) is 6.07 Å². The normalized spacial score (nSPS) is 10.4. The summed E-state index contributed by atoms with van der Waals surface area (Å²) in [6.07, 6.45) is 1.24. The molecule has 0 saturated carbocycles. The van der Waals surface area contributed by atoms with Gasteiger partial charge in [0.1, 0.15) is 28.8 Å². The summed E-state index contributed by atoms with van der Waals surface area (Å²) in [6.45, 7) is 0. The van der Waals surface area contributed by atoms with Crippen molar-refractivity contribution in [1.82, 2.24) is 9.97 Å². The zero-order valence-electron chi connectivity index (χ0n) is 12.6. The summed E-state index contributed by atoms with van der Waals surface area (Å²) in [5, 5.41) is 4.74. The van der Waals surface area contributed by atoms with Crippen LogP contribution in [0.3, 0.4) is 0 Å². The molecule has 2 N–H and O–H groups in total. The Morgan fingerprint density at radius 2 is 1.56 bits per heavy atom. The number of amides is 1. The first kappa shape index (κ1) is 16.4. The van der Waals surface area contributed by atoms with Crippen molar-refractivity contribution < 1.29 is 18.0 Å². The van der Waals surface area contributed by atoms with Gasteiger partial charge in [-0.15, -0.1) is 0 Å². The Kier molecular flexibility index (Phi) is 4.60. The summed E-state index contributed by atoms with van der Waals surface area (Å²) >= 11 is 0. The topological polar surface area (TPSA) is 66.9 Å². The highest BCUT2D eigenvalue weighted by molar-refractivity contribution is 6.03. The lowest BCUT2D eigenvalue weighted by molar-refractivity contribution is 0.102. The third kappa shape index (κ3) is 3.74. The Balaban J connectivity index is 1.82. The van der Waals surface area contributed by atoms with E-state index in [9.17, 15) is 18.0 Å². The summed E-state index contributed by atoms with van der Waals surface area (Å²) in [4.78, 5) is 19.9. The van der Waals surface area contributed by atoms with Crippen molar-refractivity contribution in [3.05, 3.63) is 77.9 Å². The minimum absolute atomic E-state index is 0.0132. The van der Waals surface area contributed by atoms with Gasteiger partial charge in [0, 0.05) is 6.20 Å². The van der Waals surface area contributed by atoms with Gasteiger partial charge in [-0.2, -0.15) is 0 Å². The van der Waals surface area contributed by atoms with Crippen LogP contribution in [0.1, 0.15) is 10.5 Å². The second-order valence-corrected chi connectivity index (χ2v) is 4.92. The van der Waals surface area contributed by atoms with Crippen LogP contribution < -0.4 is 10.6 Å². The van der Waals surface area contributed by atoms with Crippen LogP contribution in [0.4, 0.5) is 30.5 Å². The van der Waals surface area contributed by atoms with Crippen LogP contribution in [-0.2, 0) is 0 Å². The molecular formula is C17H11F3N4O. The Morgan fingerprint density at radius 1 is 0.880 bits per heavy atom. The van der Waals surface area contributed by atoms with E-state index in [2.05, 4.69) is 20.6 Å². The number of rotatable bonds is 4. The van der Waals surface area contributed by atoms with E-state index < -0.39 is 29.0 Å². The number of aromatic nitrogens is 2. The number of anilines is 3. The van der Waals surface area contributed by atoms with Gasteiger partial charge < -0.3 is 10.6 Å². The Morgan fingerprint density at radius 3 is 2.28 bits per heavy atom. The van der Waals surface area contributed by atoms with Crippen LogP contribution in [0.2, 0.25) is 0 Å². The molecule has 8 heteroatoms. The molecule has 1 aromatic heterocycles. The molecule has 0 bridgehead atoms. The van der Waals surface area contributed by atoms with Crippen molar-refractivity contribution in [3.8, 4) is 0 Å². The first-order valence-electron chi connectivity index (χ1n) is 7.14. The Bertz CT molecular complexity index is 913. The molecule has 0 radical (unpaired) electrons. The van der Waals surface area contributed by atoms with Gasteiger partial charge in [-0.05, 0) is 30.3 Å². The largest absolute Gasteiger partial charge is 0.319 e. The SMILES string of the molecule is O=C(Nc1ccccc1F)c1ccnc(Nc2c(F)cccc2F)n1. The molecule has 0 aliphatic carbocycles. The number of hydrogen-bond donors (Lipinski definition) is 2. The molecule has 1 amide bonds. The molecular weight excluding hydrogens is 333 g/mol. The number of nitrogens with one attached hydrogen (secondary N) is 2. The molecule has 3 rings (SSSR count). The number of benzene rings is 2. The highest BCUT2D eigenvalue weighted by atomic mass is 19.1. The third-order valence-electron chi connectivity index (χ3n) is 3.21. The Hall–Kier alpha value is -3.42. The minimum Gasteiger partial charge on any atom is -0.319 e. The number of halogens is 3. The van der Waals surface area contributed by atoms with Gasteiger partial charge in [0.2, 0.25) is 5.95 Å². The van der Waals surface area contributed by atoms with Gasteiger partial charge in [-0.25, -0.2) is 23.1 Å². The monoisotopic (exact) mass is 344 g/mol. The number of para-hydroxylation sites is 2. The third-order valence-corrected chi connectivity index (χ3v) is 3.21. The molecule has 0 atom stereocenters. The minimum atomic E-state index is -0.829. The second-order valence-electron chi connectivity index (χ2n) is 4.92. The van der Waals surface area contributed by atoms with E-state index in [1.807, 2.05) is 0 Å². The maximum Gasteiger partial charge on any atom is 0.274 e. The maximum absolute atomic E-state index is 13.6. The summed E-state index contributed by atoms with van der Waals surface area (Å²) in [5.41, 5.74) is -0.549. The molecule has 5 nitrogen and oxygen atoms in total. The molecule has 0 spiro atoms. The lowest BCUT2D eigenvalue weighted by atomic mass is 10.3. The summed E-state index contributed by atoms with van der Waals surface area (Å²) in [5.74, 6) is -3.12. The van der Waals surface area contributed by atoms with Crippen LogP contribution >= 0.6 is 0 Å². The molecule has 0 unspecified atom stereocenters. The van der Waals surface area contributed by atoms with Gasteiger partial charge in [-0.3, -0.25) is 4.79 Å². The van der Waals surface area contributed by atoms with Crippen LogP contribution in [0.25, 0.3) is 0 Å². The quantitative estimate of drug-likeness (QED) is 0.753. The first-order valence-corrected chi connectivity index (χ1v) is 7.14. The molecule has 126 valence electrons. The second kappa shape index (κ2) is 7.00. The number of hydrogen-bond acceptors (Lipinski definition) is 4. The van der Waals surface area contributed by atoms with E-state index in [4.69, 9.17) is 0 Å². The van der Waals surface area contributed by atoms with Gasteiger partial charge >= 0.3 is 0 Å². The van der Waals surface area contributed by atoms with Crippen LogP contribution in [0.15, 0.2) is 54.7 Å². The molecule has 0 saturated heterocycles. The standard InChI is InChI=1S/C17H11F3N4O/c18-10-4-1-2-7-13(10)22-16(25)14-8-9-21-17(23-14)24-15-11(19)5-3-6-12(15)20/h1-9H,(H,22,25)(H,21,23,24). The molecule has 1 heterocycles. The van der Waals surface area contributed by atoms with Gasteiger partial charge in [0.15, 0.2) is 0 Å².